The summed E-state index contributed by atoms with van der Waals surface area (Å²) < 4.78 is 0. The second-order valence-corrected chi connectivity index (χ2v) is 4.83. The molecule has 0 bridgehead atoms. The largest absolute Gasteiger partial charge is 0.258 e. The molecule has 0 unspecified atom stereocenters. The third-order valence-corrected chi connectivity index (χ3v) is 2.08. The van der Waals surface area contributed by atoms with E-state index in [1.165, 1.54) is 12.1 Å². The molecule has 0 aromatic carbocycles. The van der Waals surface area contributed by atoms with Crippen LogP contribution in [0, 0.1) is 12.3 Å². The molecule has 0 aliphatic heterocycles. The minimum Gasteiger partial charge on any atom is -0.258 e. The van der Waals surface area contributed by atoms with Crippen molar-refractivity contribution in [1.29, 1.82) is 0 Å². The maximum atomic E-state index is 4.48. The summed E-state index contributed by atoms with van der Waals surface area (Å²) in [5, 5.41) is 0. The van der Waals surface area contributed by atoms with Crippen molar-refractivity contribution in [3.63, 3.8) is 0 Å². The topological polar surface area (TPSA) is 12.9 Å². The molecule has 0 aliphatic rings. The zero-order valence-electron chi connectivity index (χ0n) is 9.09. The van der Waals surface area contributed by atoms with Crippen LogP contribution in [0.2, 0.25) is 0 Å². The number of pyridine rings is 1. The van der Waals surface area contributed by atoms with E-state index < -0.39 is 0 Å². The molecule has 0 amide bonds. The zero-order valence-corrected chi connectivity index (χ0v) is 9.09. The van der Waals surface area contributed by atoms with Crippen LogP contribution in [0.4, 0.5) is 0 Å². The Balaban J connectivity index is 2.55. The summed E-state index contributed by atoms with van der Waals surface area (Å²) >= 11 is 0. The lowest BCUT2D eigenvalue weighted by Crippen LogP contribution is -2.07. The molecule has 13 heavy (non-hydrogen) atoms. The molecule has 1 aromatic rings. The van der Waals surface area contributed by atoms with E-state index in [9.17, 15) is 0 Å². The minimum absolute atomic E-state index is 0.408. The predicted molar refractivity (Wildman–Crippen MR) is 56.8 cm³/mol. The Bertz CT molecular complexity index is 271. The average molecular weight is 177 g/mol. The maximum Gasteiger partial charge on any atom is 0.0407 e. The Hall–Kier alpha value is -0.850. The van der Waals surface area contributed by atoms with E-state index in [4.69, 9.17) is 0 Å². The summed E-state index contributed by atoms with van der Waals surface area (Å²) in [5.74, 6) is 0. The van der Waals surface area contributed by atoms with Gasteiger partial charge < -0.3 is 0 Å². The lowest BCUT2D eigenvalue weighted by molar-refractivity contribution is 0.376. The fourth-order valence-electron chi connectivity index (χ4n) is 1.24. The highest BCUT2D eigenvalue weighted by Gasteiger charge is 2.10. The molecule has 0 radical (unpaired) electrons. The first kappa shape index (κ1) is 10.2. The van der Waals surface area contributed by atoms with Crippen molar-refractivity contribution in [2.45, 2.75) is 40.5 Å². The van der Waals surface area contributed by atoms with Crippen molar-refractivity contribution in [2.75, 3.05) is 0 Å². The fourth-order valence-corrected chi connectivity index (χ4v) is 1.24. The molecule has 72 valence electrons. The Kier molecular flexibility index (Phi) is 3.07. The van der Waals surface area contributed by atoms with Gasteiger partial charge in [-0.15, -0.1) is 0 Å². The fraction of sp³-hybridized carbons (Fsp3) is 0.583. The first-order chi connectivity index (χ1) is 5.97. The third kappa shape index (κ3) is 4.07. The number of nitrogens with zero attached hydrogens (tertiary/aromatic N) is 1. The van der Waals surface area contributed by atoms with Crippen molar-refractivity contribution in [3.8, 4) is 0 Å². The molecule has 1 rings (SSSR count). The van der Waals surface area contributed by atoms with Crippen LogP contribution >= 0.6 is 0 Å². The van der Waals surface area contributed by atoms with E-state index >= 15 is 0 Å². The van der Waals surface area contributed by atoms with Gasteiger partial charge in [-0.05, 0) is 37.3 Å². The summed E-state index contributed by atoms with van der Waals surface area (Å²) in [4.78, 5) is 4.48. The molecule has 0 atom stereocenters. The standard InChI is InChI=1S/C12H19N/c1-10-6-5-7-11(13-10)8-9-12(2,3)4/h5-7H,8-9H2,1-4H3. The quantitative estimate of drug-likeness (QED) is 0.675. The van der Waals surface area contributed by atoms with Crippen LogP contribution in [0.5, 0.6) is 0 Å². The summed E-state index contributed by atoms with van der Waals surface area (Å²) in [6.45, 7) is 8.84. The van der Waals surface area contributed by atoms with Gasteiger partial charge in [-0.3, -0.25) is 4.98 Å². The smallest absolute Gasteiger partial charge is 0.0407 e. The van der Waals surface area contributed by atoms with Gasteiger partial charge in [0.1, 0.15) is 0 Å². The van der Waals surface area contributed by atoms with E-state index in [0.717, 1.165) is 12.1 Å². The normalized spacial score (nSPS) is 11.7. The number of aryl methyl sites for hydroxylation is 2. The number of hydrogen-bond donors (Lipinski definition) is 0. The van der Waals surface area contributed by atoms with Gasteiger partial charge in [0.2, 0.25) is 0 Å². The van der Waals surface area contributed by atoms with Gasteiger partial charge in [0, 0.05) is 11.4 Å². The molecular weight excluding hydrogens is 158 g/mol. The lowest BCUT2D eigenvalue weighted by Gasteiger charge is -2.17. The van der Waals surface area contributed by atoms with Gasteiger partial charge in [0.15, 0.2) is 0 Å². The molecule has 1 aromatic heterocycles. The van der Waals surface area contributed by atoms with Gasteiger partial charge in [-0.25, -0.2) is 0 Å². The summed E-state index contributed by atoms with van der Waals surface area (Å²) in [6, 6.07) is 6.24. The van der Waals surface area contributed by atoms with Crippen molar-refractivity contribution in [1.82, 2.24) is 4.98 Å². The van der Waals surface area contributed by atoms with Crippen LogP contribution in [-0.4, -0.2) is 4.98 Å². The molecule has 0 N–H and O–H groups in total. The van der Waals surface area contributed by atoms with Crippen molar-refractivity contribution in [3.05, 3.63) is 29.6 Å². The van der Waals surface area contributed by atoms with Crippen LogP contribution in [0.25, 0.3) is 0 Å². The Morgan fingerprint density at radius 3 is 2.46 bits per heavy atom. The van der Waals surface area contributed by atoms with E-state index in [1.54, 1.807) is 0 Å². The lowest BCUT2D eigenvalue weighted by atomic mass is 9.90. The molecule has 0 fully saturated rings. The molecular formula is C12H19N. The second-order valence-electron chi connectivity index (χ2n) is 4.83. The Labute approximate surface area is 81.2 Å². The number of aromatic nitrogens is 1. The van der Waals surface area contributed by atoms with Gasteiger partial charge in [-0.2, -0.15) is 0 Å². The molecule has 1 heteroatoms. The van der Waals surface area contributed by atoms with Gasteiger partial charge in [-0.1, -0.05) is 26.8 Å². The van der Waals surface area contributed by atoms with Gasteiger partial charge >= 0.3 is 0 Å². The van der Waals surface area contributed by atoms with E-state index in [-0.39, 0.29) is 0 Å². The average Bonchev–Trinajstić information content (AvgIpc) is 2.00. The van der Waals surface area contributed by atoms with Crippen molar-refractivity contribution in [2.24, 2.45) is 5.41 Å². The predicted octanol–water partition coefficient (Wildman–Crippen LogP) is 3.37. The second kappa shape index (κ2) is 3.91. The Morgan fingerprint density at radius 2 is 1.92 bits per heavy atom. The summed E-state index contributed by atoms with van der Waals surface area (Å²) in [7, 11) is 0. The highest BCUT2D eigenvalue weighted by molar-refractivity contribution is 5.10. The van der Waals surface area contributed by atoms with Crippen LogP contribution < -0.4 is 0 Å². The van der Waals surface area contributed by atoms with Crippen LogP contribution in [-0.2, 0) is 6.42 Å². The first-order valence-corrected chi connectivity index (χ1v) is 4.90. The molecule has 0 saturated heterocycles. The number of rotatable bonds is 2. The van der Waals surface area contributed by atoms with E-state index in [0.29, 0.717) is 5.41 Å². The summed E-state index contributed by atoms with van der Waals surface area (Å²) in [5.41, 5.74) is 2.74. The zero-order chi connectivity index (χ0) is 9.90. The first-order valence-electron chi connectivity index (χ1n) is 4.90. The highest BCUT2D eigenvalue weighted by Crippen LogP contribution is 2.20. The van der Waals surface area contributed by atoms with Gasteiger partial charge in [0.05, 0.1) is 0 Å². The molecule has 1 nitrogen and oxygen atoms in total. The van der Waals surface area contributed by atoms with Crippen molar-refractivity contribution >= 4 is 0 Å². The SMILES string of the molecule is Cc1cccc(CCC(C)(C)C)n1. The minimum atomic E-state index is 0.408. The van der Waals surface area contributed by atoms with Crippen LogP contribution in [0.1, 0.15) is 38.6 Å². The maximum absolute atomic E-state index is 4.48. The molecule has 0 spiro atoms. The number of hydrogen-bond acceptors (Lipinski definition) is 1. The van der Waals surface area contributed by atoms with Crippen molar-refractivity contribution < 1.29 is 0 Å². The summed E-state index contributed by atoms with van der Waals surface area (Å²) in [6.07, 6.45) is 2.29. The third-order valence-electron chi connectivity index (χ3n) is 2.08. The van der Waals surface area contributed by atoms with Gasteiger partial charge in [0.25, 0.3) is 0 Å². The molecule has 0 aliphatic carbocycles. The van der Waals surface area contributed by atoms with Crippen LogP contribution in [0.15, 0.2) is 18.2 Å². The van der Waals surface area contributed by atoms with Crippen LogP contribution in [0.3, 0.4) is 0 Å². The van der Waals surface area contributed by atoms with E-state index in [1.807, 2.05) is 13.0 Å². The molecule has 0 saturated carbocycles. The Morgan fingerprint density at radius 1 is 1.23 bits per heavy atom. The highest BCUT2D eigenvalue weighted by atomic mass is 14.7. The monoisotopic (exact) mass is 177 g/mol. The molecule has 1 heterocycles. The van der Waals surface area contributed by atoms with E-state index in [2.05, 4.69) is 37.9 Å².